The summed E-state index contributed by atoms with van der Waals surface area (Å²) in [5.41, 5.74) is 11.0. The number of hydrogen-bond donors (Lipinski definition) is 4. The van der Waals surface area contributed by atoms with Crippen molar-refractivity contribution in [2.24, 2.45) is 5.73 Å². The number of nitrogens with one attached hydrogen (secondary N) is 2. The number of aromatic nitrogens is 1. The van der Waals surface area contributed by atoms with Gasteiger partial charge >= 0.3 is 6.03 Å². The maximum Gasteiger partial charge on any atom is 0.312 e. The Morgan fingerprint density at radius 2 is 2.10 bits per heavy atom. The summed E-state index contributed by atoms with van der Waals surface area (Å²) >= 11 is 0. The first-order chi connectivity index (χ1) is 9.02. The van der Waals surface area contributed by atoms with Crippen molar-refractivity contribution in [1.29, 1.82) is 0 Å². The normalized spacial score (nSPS) is 11.1. The third-order valence-electron chi connectivity index (χ3n) is 2.53. The number of nitrogen functional groups attached to an aromatic ring is 1. The molecule has 0 saturated carbocycles. The molecule has 0 fully saturated rings. The number of carbonyl (C=O) groups is 2. The van der Waals surface area contributed by atoms with Gasteiger partial charge in [0.1, 0.15) is 11.9 Å². The largest absolute Gasteiger partial charge is 0.384 e. The molecule has 1 aromatic heterocycles. The Hall–Kier alpha value is -2.02. The van der Waals surface area contributed by atoms with Crippen LogP contribution in [-0.2, 0) is 4.79 Å². The second kappa shape index (κ2) is 8.98. The van der Waals surface area contributed by atoms with Gasteiger partial charge in [0.2, 0.25) is 5.91 Å². The smallest absolute Gasteiger partial charge is 0.312 e. The molecule has 0 aliphatic carbocycles. The molecule has 8 heteroatoms. The molecule has 0 aromatic carbocycles. The number of halogens is 1. The quantitative estimate of drug-likeness (QED) is 0.631. The number of primary amides is 1. The Balaban J connectivity index is 0.00000361. The van der Waals surface area contributed by atoms with Gasteiger partial charge in [-0.1, -0.05) is 19.8 Å². The number of unbranched alkanes of at least 4 members (excludes halogenated alkanes) is 1. The molecule has 112 valence electrons. The first-order valence-corrected chi connectivity index (χ1v) is 6.11. The van der Waals surface area contributed by atoms with E-state index in [0.29, 0.717) is 17.9 Å². The van der Waals surface area contributed by atoms with Gasteiger partial charge < -0.3 is 22.1 Å². The van der Waals surface area contributed by atoms with E-state index < -0.39 is 12.1 Å². The van der Waals surface area contributed by atoms with Crippen molar-refractivity contribution in [3.63, 3.8) is 0 Å². The molecule has 0 bridgehead atoms. The van der Waals surface area contributed by atoms with Crippen LogP contribution < -0.4 is 22.1 Å². The predicted molar refractivity (Wildman–Crippen MR) is 80.6 cm³/mol. The number of nitrogens with two attached hydrogens (primary N) is 2. The minimum absolute atomic E-state index is 0. The first-order valence-electron chi connectivity index (χ1n) is 6.11. The Kier molecular flexibility index (Phi) is 8.07. The van der Waals surface area contributed by atoms with E-state index in [9.17, 15) is 9.59 Å². The molecule has 7 nitrogen and oxygen atoms in total. The van der Waals surface area contributed by atoms with Gasteiger partial charge in [-0.2, -0.15) is 0 Å². The number of urea groups is 1. The van der Waals surface area contributed by atoms with Crippen molar-refractivity contribution >= 4 is 35.9 Å². The molecule has 1 aromatic rings. The molecule has 0 saturated heterocycles. The number of anilines is 2. The van der Waals surface area contributed by atoms with Gasteiger partial charge in [0.05, 0.1) is 11.9 Å². The van der Waals surface area contributed by atoms with Gasteiger partial charge in [-0.25, -0.2) is 9.78 Å². The summed E-state index contributed by atoms with van der Waals surface area (Å²) in [4.78, 5) is 26.7. The zero-order valence-corrected chi connectivity index (χ0v) is 12.1. The van der Waals surface area contributed by atoms with Crippen molar-refractivity contribution < 1.29 is 9.59 Å². The minimum Gasteiger partial charge on any atom is -0.384 e. The average molecular weight is 302 g/mol. The topological polar surface area (TPSA) is 123 Å². The van der Waals surface area contributed by atoms with Crippen LogP contribution in [0.1, 0.15) is 26.2 Å². The van der Waals surface area contributed by atoms with E-state index in [0.717, 1.165) is 12.8 Å². The molecule has 1 atom stereocenters. The Labute approximate surface area is 123 Å². The van der Waals surface area contributed by atoms with E-state index in [2.05, 4.69) is 15.6 Å². The molecule has 1 rings (SSSR count). The van der Waals surface area contributed by atoms with Gasteiger partial charge in [0.25, 0.3) is 0 Å². The fraction of sp³-hybridized carbons (Fsp3) is 0.417. The standard InChI is InChI=1S/C12H19N5O2.ClH/c1-2-3-4-9(17-12(14)19)11(18)16-8-5-6-10(13)15-7-8;/h5-7,9H,2-4H2,1H3,(H2,13,15)(H,16,18)(H3,14,17,19);1H. The molecule has 0 aliphatic heterocycles. The van der Waals surface area contributed by atoms with Crippen LogP contribution in [0.2, 0.25) is 0 Å². The summed E-state index contributed by atoms with van der Waals surface area (Å²) < 4.78 is 0. The van der Waals surface area contributed by atoms with Gasteiger partial charge in [0.15, 0.2) is 0 Å². The Bertz CT molecular complexity index is 438. The molecule has 0 aliphatic rings. The Morgan fingerprint density at radius 3 is 2.60 bits per heavy atom. The van der Waals surface area contributed by atoms with Gasteiger partial charge in [-0.3, -0.25) is 4.79 Å². The lowest BCUT2D eigenvalue weighted by molar-refractivity contribution is -0.118. The molecular weight excluding hydrogens is 282 g/mol. The average Bonchev–Trinajstić information content (AvgIpc) is 2.36. The molecule has 6 N–H and O–H groups in total. The van der Waals surface area contributed by atoms with E-state index in [1.165, 1.54) is 6.20 Å². The zero-order valence-electron chi connectivity index (χ0n) is 11.3. The predicted octanol–water partition coefficient (Wildman–Crippen LogP) is 1.25. The van der Waals surface area contributed by atoms with Crippen LogP contribution >= 0.6 is 12.4 Å². The van der Waals surface area contributed by atoms with Crippen LogP contribution in [0.15, 0.2) is 18.3 Å². The van der Waals surface area contributed by atoms with Crippen molar-refractivity contribution in [3.8, 4) is 0 Å². The number of amides is 3. The fourth-order valence-corrected chi connectivity index (χ4v) is 1.56. The lowest BCUT2D eigenvalue weighted by Crippen LogP contribution is -2.46. The molecule has 0 radical (unpaired) electrons. The van der Waals surface area contributed by atoms with Gasteiger partial charge in [-0.15, -0.1) is 12.4 Å². The zero-order chi connectivity index (χ0) is 14.3. The lowest BCUT2D eigenvalue weighted by atomic mass is 10.1. The summed E-state index contributed by atoms with van der Waals surface area (Å²) in [6.07, 6.45) is 3.73. The SMILES string of the molecule is CCCCC(NC(N)=O)C(=O)Nc1ccc(N)nc1.Cl. The monoisotopic (exact) mass is 301 g/mol. The lowest BCUT2D eigenvalue weighted by Gasteiger charge is -2.16. The summed E-state index contributed by atoms with van der Waals surface area (Å²) in [6.45, 7) is 2.00. The summed E-state index contributed by atoms with van der Waals surface area (Å²) in [5.74, 6) is 0.0506. The highest BCUT2D eigenvalue weighted by Gasteiger charge is 2.19. The van der Waals surface area contributed by atoms with Crippen LogP contribution in [0.4, 0.5) is 16.3 Å². The summed E-state index contributed by atoms with van der Waals surface area (Å²) in [7, 11) is 0. The van der Waals surface area contributed by atoms with Crippen LogP contribution in [0, 0.1) is 0 Å². The number of rotatable bonds is 6. The van der Waals surface area contributed by atoms with E-state index in [1.54, 1.807) is 12.1 Å². The fourth-order valence-electron chi connectivity index (χ4n) is 1.56. The highest BCUT2D eigenvalue weighted by Crippen LogP contribution is 2.09. The second-order valence-corrected chi connectivity index (χ2v) is 4.16. The van der Waals surface area contributed by atoms with Gasteiger partial charge in [0, 0.05) is 0 Å². The van der Waals surface area contributed by atoms with Crippen LogP contribution in [0.3, 0.4) is 0 Å². The Morgan fingerprint density at radius 1 is 1.40 bits per heavy atom. The molecule has 0 spiro atoms. The van der Waals surface area contributed by atoms with Crippen molar-refractivity contribution in [1.82, 2.24) is 10.3 Å². The number of hydrogen-bond acceptors (Lipinski definition) is 4. The van der Waals surface area contributed by atoms with Crippen LogP contribution in [0.5, 0.6) is 0 Å². The van der Waals surface area contributed by atoms with Crippen molar-refractivity contribution in [2.75, 3.05) is 11.1 Å². The highest BCUT2D eigenvalue weighted by atomic mass is 35.5. The first kappa shape index (κ1) is 18.0. The molecule has 1 heterocycles. The third-order valence-corrected chi connectivity index (χ3v) is 2.53. The maximum absolute atomic E-state index is 12.0. The van der Waals surface area contributed by atoms with Crippen molar-refractivity contribution in [3.05, 3.63) is 18.3 Å². The second-order valence-electron chi connectivity index (χ2n) is 4.16. The molecular formula is C12H20ClN5O2. The molecule has 20 heavy (non-hydrogen) atoms. The molecule has 1 unspecified atom stereocenters. The van der Waals surface area contributed by atoms with E-state index >= 15 is 0 Å². The minimum atomic E-state index is -0.716. The number of nitrogens with zero attached hydrogens (tertiary/aromatic N) is 1. The van der Waals surface area contributed by atoms with Gasteiger partial charge in [-0.05, 0) is 18.6 Å². The van der Waals surface area contributed by atoms with Crippen molar-refractivity contribution in [2.45, 2.75) is 32.2 Å². The van der Waals surface area contributed by atoms with Crippen LogP contribution in [-0.4, -0.2) is 23.0 Å². The molecule has 3 amide bonds. The maximum atomic E-state index is 12.0. The summed E-state index contributed by atoms with van der Waals surface area (Å²) in [6, 6.07) is 1.86. The summed E-state index contributed by atoms with van der Waals surface area (Å²) in [5, 5.41) is 5.08. The van der Waals surface area contributed by atoms with Crippen LogP contribution in [0.25, 0.3) is 0 Å². The number of carbonyl (C=O) groups excluding carboxylic acids is 2. The third kappa shape index (κ3) is 6.24. The van der Waals surface area contributed by atoms with E-state index in [1.807, 2.05) is 6.92 Å². The van der Waals surface area contributed by atoms with E-state index in [-0.39, 0.29) is 18.3 Å². The highest BCUT2D eigenvalue weighted by molar-refractivity contribution is 5.96. The van der Waals surface area contributed by atoms with E-state index in [4.69, 9.17) is 11.5 Å². The number of pyridine rings is 1.